The summed E-state index contributed by atoms with van der Waals surface area (Å²) in [4.78, 5) is 4.49. The fourth-order valence-corrected chi connectivity index (χ4v) is 2.29. The molecule has 3 heteroatoms. The first-order valence-corrected chi connectivity index (χ1v) is 6.74. The van der Waals surface area contributed by atoms with E-state index in [2.05, 4.69) is 29.3 Å². The average Bonchev–Trinajstić information content (AvgIpc) is 2.97. The Bertz CT molecular complexity index is 590. The number of benzene rings is 2. The summed E-state index contributed by atoms with van der Waals surface area (Å²) in [5, 5.41) is 0. The third kappa shape index (κ3) is 2.82. The molecule has 0 radical (unpaired) electrons. The zero-order valence-corrected chi connectivity index (χ0v) is 11.5. The van der Waals surface area contributed by atoms with Gasteiger partial charge in [0.2, 0.25) is 5.90 Å². The number of hydrogen-bond donors (Lipinski definition) is 0. The number of rotatable bonds is 4. The molecule has 1 atom stereocenters. The van der Waals surface area contributed by atoms with Gasteiger partial charge < -0.3 is 9.47 Å². The van der Waals surface area contributed by atoms with Gasteiger partial charge in [0, 0.05) is 12.0 Å². The molecule has 3 nitrogen and oxygen atoms in total. The number of ether oxygens (including phenoxy) is 2. The highest BCUT2D eigenvalue weighted by atomic mass is 16.5. The van der Waals surface area contributed by atoms with E-state index >= 15 is 0 Å². The summed E-state index contributed by atoms with van der Waals surface area (Å²) in [6.07, 6.45) is 1.03. The molecule has 1 unspecified atom stereocenters. The fraction of sp³-hybridized carbons (Fsp3) is 0.235. The van der Waals surface area contributed by atoms with E-state index in [0.29, 0.717) is 0 Å². The van der Waals surface area contributed by atoms with Gasteiger partial charge in [-0.05, 0) is 29.8 Å². The Morgan fingerprint density at radius 2 is 1.85 bits per heavy atom. The molecule has 2 aromatic carbocycles. The Kier molecular flexibility index (Phi) is 3.68. The smallest absolute Gasteiger partial charge is 0.216 e. The number of aliphatic imine (C=N–C) groups is 1. The maximum atomic E-state index is 5.93. The van der Waals surface area contributed by atoms with Gasteiger partial charge in [0.25, 0.3) is 0 Å². The maximum absolute atomic E-state index is 5.93. The van der Waals surface area contributed by atoms with Crippen LogP contribution < -0.4 is 4.74 Å². The zero-order valence-electron chi connectivity index (χ0n) is 11.5. The van der Waals surface area contributed by atoms with Crippen LogP contribution in [0.3, 0.4) is 0 Å². The lowest BCUT2D eigenvalue weighted by atomic mass is 10.1. The van der Waals surface area contributed by atoms with Crippen molar-refractivity contribution in [3.63, 3.8) is 0 Å². The van der Waals surface area contributed by atoms with Crippen molar-refractivity contribution in [2.24, 2.45) is 4.99 Å². The zero-order chi connectivity index (χ0) is 13.8. The predicted octanol–water partition coefficient (Wildman–Crippen LogP) is 3.08. The Balaban J connectivity index is 1.63. The summed E-state index contributed by atoms with van der Waals surface area (Å²) in [6, 6.07) is 18.2. The molecular formula is C17H17NO2. The molecule has 102 valence electrons. The summed E-state index contributed by atoms with van der Waals surface area (Å²) < 4.78 is 11.1. The van der Waals surface area contributed by atoms with Crippen LogP contribution in [0, 0.1) is 0 Å². The van der Waals surface area contributed by atoms with Crippen LogP contribution in [0.2, 0.25) is 0 Å². The molecule has 2 aromatic rings. The Labute approximate surface area is 118 Å². The van der Waals surface area contributed by atoms with Crippen LogP contribution in [0.1, 0.15) is 11.1 Å². The highest BCUT2D eigenvalue weighted by Gasteiger charge is 2.21. The van der Waals surface area contributed by atoms with Crippen molar-refractivity contribution >= 4 is 5.90 Å². The van der Waals surface area contributed by atoms with Crippen LogP contribution in [-0.4, -0.2) is 25.7 Å². The second kappa shape index (κ2) is 5.78. The van der Waals surface area contributed by atoms with Gasteiger partial charge in [-0.15, -0.1) is 0 Å². The number of hydrogen-bond acceptors (Lipinski definition) is 3. The molecule has 3 rings (SSSR count). The van der Waals surface area contributed by atoms with Gasteiger partial charge in [0.1, 0.15) is 11.9 Å². The molecule has 0 N–H and O–H groups in total. The molecule has 1 aliphatic rings. The second-order valence-corrected chi connectivity index (χ2v) is 4.80. The number of methoxy groups -OCH3 is 1. The van der Waals surface area contributed by atoms with Crippen molar-refractivity contribution in [3.8, 4) is 5.75 Å². The first-order valence-electron chi connectivity index (χ1n) is 6.74. The van der Waals surface area contributed by atoms with Gasteiger partial charge in [0.05, 0.1) is 13.7 Å². The van der Waals surface area contributed by atoms with Gasteiger partial charge >= 0.3 is 0 Å². The highest BCUT2D eigenvalue weighted by Crippen LogP contribution is 2.18. The summed E-state index contributed by atoms with van der Waals surface area (Å²) in [5.41, 5.74) is 2.28. The lowest BCUT2D eigenvalue weighted by Crippen LogP contribution is -2.16. The van der Waals surface area contributed by atoms with Crippen molar-refractivity contribution in [3.05, 3.63) is 65.7 Å². The average molecular weight is 267 g/mol. The number of nitrogens with zero attached hydrogens (tertiary/aromatic N) is 1. The van der Waals surface area contributed by atoms with Crippen molar-refractivity contribution in [1.82, 2.24) is 0 Å². The predicted molar refractivity (Wildman–Crippen MR) is 79.4 cm³/mol. The molecular weight excluding hydrogens is 250 g/mol. The van der Waals surface area contributed by atoms with E-state index in [4.69, 9.17) is 9.47 Å². The van der Waals surface area contributed by atoms with E-state index in [-0.39, 0.29) is 6.10 Å². The third-order valence-corrected chi connectivity index (χ3v) is 3.36. The van der Waals surface area contributed by atoms with Gasteiger partial charge in [0.15, 0.2) is 0 Å². The molecule has 0 aliphatic carbocycles. The van der Waals surface area contributed by atoms with Crippen LogP contribution in [0.25, 0.3) is 0 Å². The fourth-order valence-electron chi connectivity index (χ4n) is 2.29. The molecule has 1 aliphatic heterocycles. The van der Waals surface area contributed by atoms with Gasteiger partial charge in [-0.1, -0.05) is 30.3 Å². The van der Waals surface area contributed by atoms with Crippen molar-refractivity contribution in [1.29, 1.82) is 0 Å². The van der Waals surface area contributed by atoms with Crippen LogP contribution in [0.15, 0.2) is 59.6 Å². The minimum absolute atomic E-state index is 0.134. The van der Waals surface area contributed by atoms with E-state index in [1.54, 1.807) is 7.11 Å². The Hall–Kier alpha value is -2.29. The maximum Gasteiger partial charge on any atom is 0.216 e. The first-order chi connectivity index (χ1) is 9.85. The quantitative estimate of drug-likeness (QED) is 0.852. The minimum Gasteiger partial charge on any atom is -0.497 e. The van der Waals surface area contributed by atoms with Crippen molar-refractivity contribution in [2.75, 3.05) is 13.7 Å². The largest absolute Gasteiger partial charge is 0.497 e. The first kappa shape index (κ1) is 12.7. The lowest BCUT2D eigenvalue weighted by Gasteiger charge is -2.11. The molecule has 1 heterocycles. The summed E-state index contributed by atoms with van der Waals surface area (Å²) >= 11 is 0. The topological polar surface area (TPSA) is 30.8 Å². The SMILES string of the molecule is COc1ccc(C2=NCC(Cc3ccccc3)O2)cc1. The Morgan fingerprint density at radius 3 is 2.55 bits per heavy atom. The molecule has 0 bridgehead atoms. The summed E-state index contributed by atoms with van der Waals surface area (Å²) in [6.45, 7) is 0.719. The summed E-state index contributed by atoms with van der Waals surface area (Å²) in [7, 11) is 1.66. The lowest BCUT2D eigenvalue weighted by molar-refractivity contribution is 0.225. The van der Waals surface area contributed by atoms with E-state index in [1.165, 1.54) is 5.56 Å². The molecule has 0 aromatic heterocycles. The minimum atomic E-state index is 0.134. The monoisotopic (exact) mass is 267 g/mol. The van der Waals surface area contributed by atoms with Crippen molar-refractivity contribution < 1.29 is 9.47 Å². The standard InChI is InChI=1S/C17H17NO2/c1-19-15-9-7-14(8-10-15)17-18-12-16(20-17)11-13-5-3-2-4-6-13/h2-10,16H,11-12H2,1H3. The Morgan fingerprint density at radius 1 is 1.10 bits per heavy atom. The third-order valence-electron chi connectivity index (χ3n) is 3.36. The van der Waals surface area contributed by atoms with Crippen LogP contribution in [0.4, 0.5) is 0 Å². The van der Waals surface area contributed by atoms with E-state index in [9.17, 15) is 0 Å². The van der Waals surface area contributed by atoms with Crippen molar-refractivity contribution in [2.45, 2.75) is 12.5 Å². The van der Waals surface area contributed by atoms with Gasteiger partial charge in [-0.25, -0.2) is 4.99 Å². The van der Waals surface area contributed by atoms with E-state index in [1.807, 2.05) is 30.3 Å². The molecule has 0 saturated heterocycles. The molecule has 0 amide bonds. The normalized spacial score (nSPS) is 17.4. The second-order valence-electron chi connectivity index (χ2n) is 4.80. The molecule has 0 saturated carbocycles. The van der Waals surface area contributed by atoms with E-state index < -0.39 is 0 Å². The van der Waals surface area contributed by atoms with Crippen LogP contribution in [0.5, 0.6) is 5.75 Å². The molecule has 20 heavy (non-hydrogen) atoms. The summed E-state index contributed by atoms with van der Waals surface area (Å²) in [5.74, 6) is 1.57. The van der Waals surface area contributed by atoms with Gasteiger partial charge in [-0.2, -0.15) is 0 Å². The van der Waals surface area contributed by atoms with Crippen LogP contribution in [-0.2, 0) is 11.2 Å². The molecule has 0 spiro atoms. The van der Waals surface area contributed by atoms with E-state index in [0.717, 1.165) is 30.2 Å². The highest BCUT2D eigenvalue weighted by molar-refractivity contribution is 5.95. The van der Waals surface area contributed by atoms with Gasteiger partial charge in [-0.3, -0.25) is 0 Å². The van der Waals surface area contributed by atoms with Crippen LogP contribution >= 0.6 is 0 Å². The molecule has 0 fully saturated rings.